The van der Waals surface area contributed by atoms with Gasteiger partial charge < -0.3 is 14.0 Å². The van der Waals surface area contributed by atoms with Gasteiger partial charge >= 0.3 is 0 Å². The molecule has 0 saturated heterocycles. The molecular formula is C21H19ClN2O4. The standard InChI is InChI=1S/C21H19ClN2O4/c1-13-20(22)23-18(19(25)15-6-10-17(28-3)11-7-15)21(26)24(13)12-14-4-8-16(27-2)9-5-14/h4-11H,12H2,1-3H3. The Morgan fingerprint density at radius 2 is 1.54 bits per heavy atom. The maximum atomic E-state index is 13.0. The Labute approximate surface area is 167 Å². The number of carbonyl (C=O) groups excluding carboxylic acids is 1. The molecule has 0 saturated carbocycles. The first-order valence-electron chi connectivity index (χ1n) is 8.53. The third-order valence-electron chi connectivity index (χ3n) is 4.43. The fourth-order valence-corrected chi connectivity index (χ4v) is 2.94. The number of ketones is 1. The van der Waals surface area contributed by atoms with Crippen molar-refractivity contribution in [3.63, 3.8) is 0 Å². The lowest BCUT2D eigenvalue weighted by atomic mass is 10.1. The van der Waals surface area contributed by atoms with Crippen LogP contribution < -0.4 is 15.0 Å². The Hall–Kier alpha value is -3.12. The number of hydrogen-bond acceptors (Lipinski definition) is 5. The maximum Gasteiger partial charge on any atom is 0.281 e. The van der Waals surface area contributed by atoms with Gasteiger partial charge in [0.05, 0.1) is 26.5 Å². The van der Waals surface area contributed by atoms with Crippen molar-refractivity contribution in [1.82, 2.24) is 9.55 Å². The van der Waals surface area contributed by atoms with Gasteiger partial charge in [-0.05, 0) is 48.9 Å². The van der Waals surface area contributed by atoms with Crippen LogP contribution in [0.3, 0.4) is 0 Å². The molecule has 0 aliphatic carbocycles. The summed E-state index contributed by atoms with van der Waals surface area (Å²) in [5, 5.41) is 0.116. The first kappa shape index (κ1) is 19.6. The molecule has 0 bridgehead atoms. The highest BCUT2D eigenvalue weighted by molar-refractivity contribution is 6.30. The third-order valence-corrected chi connectivity index (χ3v) is 4.79. The summed E-state index contributed by atoms with van der Waals surface area (Å²) in [5.41, 5.74) is 0.999. The predicted octanol–water partition coefficient (Wildman–Crippen LogP) is 3.50. The van der Waals surface area contributed by atoms with E-state index in [1.54, 1.807) is 38.3 Å². The molecule has 0 radical (unpaired) electrons. The van der Waals surface area contributed by atoms with Crippen molar-refractivity contribution in [2.24, 2.45) is 0 Å². The maximum absolute atomic E-state index is 13.0. The lowest BCUT2D eigenvalue weighted by Gasteiger charge is -2.13. The van der Waals surface area contributed by atoms with Gasteiger partial charge in [-0.1, -0.05) is 23.7 Å². The Morgan fingerprint density at radius 3 is 2.07 bits per heavy atom. The van der Waals surface area contributed by atoms with E-state index in [9.17, 15) is 9.59 Å². The van der Waals surface area contributed by atoms with E-state index in [0.29, 0.717) is 17.0 Å². The summed E-state index contributed by atoms with van der Waals surface area (Å²) in [5.74, 6) is 0.845. The van der Waals surface area contributed by atoms with Crippen molar-refractivity contribution in [2.45, 2.75) is 13.5 Å². The van der Waals surface area contributed by atoms with Crippen LogP contribution in [0, 0.1) is 6.92 Å². The second-order valence-electron chi connectivity index (χ2n) is 6.13. The van der Waals surface area contributed by atoms with E-state index >= 15 is 0 Å². The summed E-state index contributed by atoms with van der Waals surface area (Å²) in [6.45, 7) is 1.96. The van der Waals surface area contributed by atoms with Crippen LogP contribution in [0.1, 0.15) is 27.3 Å². The van der Waals surface area contributed by atoms with Gasteiger partial charge in [-0.15, -0.1) is 0 Å². The zero-order chi connectivity index (χ0) is 20.3. The molecule has 28 heavy (non-hydrogen) atoms. The zero-order valence-electron chi connectivity index (χ0n) is 15.7. The molecule has 2 aromatic carbocycles. The van der Waals surface area contributed by atoms with Crippen LogP contribution in [0.2, 0.25) is 5.15 Å². The fourth-order valence-electron chi connectivity index (χ4n) is 2.75. The van der Waals surface area contributed by atoms with Crippen molar-refractivity contribution in [3.8, 4) is 11.5 Å². The van der Waals surface area contributed by atoms with Crippen molar-refractivity contribution >= 4 is 17.4 Å². The number of hydrogen-bond donors (Lipinski definition) is 0. The summed E-state index contributed by atoms with van der Waals surface area (Å²) in [4.78, 5) is 29.9. The molecule has 0 aliphatic rings. The number of ether oxygens (including phenoxy) is 2. The molecule has 1 heterocycles. The highest BCUT2D eigenvalue weighted by Crippen LogP contribution is 2.17. The second-order valence-corrected chi connectivity index (χ2v) is 6.49. The Kier molecular flexibility index (Phi) is 5.80. The highest BCUT2D eigenvalue weighted by Gasteiger charge is 2.20. The monoisotopic (exact) mass is 398 g/mol. The van der Waals surface area contributed by atoms with Gasteiger partial charge in [0.25, 0.3) is 5.56 Å². The molecule has 0 N–H and O–H groups in total. The van der Waals surface area contributed by atoms with Gasteiger partial charge in [-0.25, -0.2) is 4.98 Å². The Balaban J connectivity index is 2.00. The first-order valence-corrected chi connectivity index (χ1v) is 8.91. The molecule has 6 nitrogen and oxygen atoms in total. The SMILES string of the molecule is COc1ccc(Cn2c(C)c(Cl)nc(C(=O)c3ccc(OC)cc3)c2=O)cc1. The van der Waals surface area contributed by atoms with Crippen LogP contribution in [0.4, 0.5) is 0 Å². The van der Waals surface area contributed by atoms with E-state index in [1.807, 2.05) is 24.3 Å². The van der Waals surface area contributed by atoms with Gasteiger partial charge in [0.2, 0.25) is 5.78 Å². The topological polar surface area (TPSA) is 70.4 Å². The van der Waals surface area contributed by atoms with Gasteiger partial charge in [-0.2, -0.15) is 0 Å². The van der Waals surface area contributed by atoms with Gasteiger partial charge in [0.15, 0.2) is 5.69 Å². The highest BCUT2D eigenvalue weighted by atomic mass is 35.5. The van der Waals surface area contributed by atoms with Crippen molar-refractivity contribution < 1.29 is 14.3 Å². The van der Waals surface area contributed by atoms with E-state index in [-0.39, 0.29) is 17.4 Å². The Morgan fingerprint density at radius 1 is 1.00 bits per heavy atom. The number of carbonyl (C=O) groups is 1. The van der Waals surface area contributed by atoms with Crippen LogP contribution in [0.5, 0.6) is 11.5 Å². The summed E-state index contributed by atoms with van der Waals surface area (Å²) in [6, 6.07) is 13.8. The predicted molar refractivity (Wildman–Crippen MR) is 107 cm³/mol. The number of benzene rings is 2. The molecule has 0 unspecified atom stereocenters. The van der Waals surface area contributed by atoms with E-state index < -0.39 is 11.3 Å². The third kappa shape index (κ3) is 3.92. The fraction of sp³-hybridized carbons (Fsp3) is 0.190. The van der Waals surface area contributed by atoms with Gasteiger partial charge in [-0.3, -0.25) is 9.59 Å². The van der Waals surface area contributed by atoms with E-state index in [0.717, 1.165) is 11.3 Å². The van der Waals surface area contributed by atoms with Crippen LogP contribution in [0.25, 0.3) is 0 Å². The minimum atomic E-state index is -0.488. The minimum Gasteiger partial charge on any atom is -0.497 e. The summed E-state index contributed by atoms with van der Waals surface area (Å²) < 4.78 is 11.7. The number of rotatable bonds is 6. The van der Waals surface area contributed by atoms with Crippen molar-refractivity contribution in [3.05, 3.63) is 86.6 Å². The van der Waals surface area contributed by atoms with Gasteiger partial charge in [0.1, 0.15) is 16.7 Å². The number of nitrogens with zero attached hydrogens (tertiary/aromatic N) is 2. The first-order chi connectivity index (χ1) is 13.4. The van der Waals surface area contributed by atoms with Crippen molar-refractivity contribution in [1.29, 1.82) is 0 Å². The van der Waals surface area contributed by atoms with Crippen LogP contribution in [0.15, 0.2) is 53.3 Å². The molecule has 7 heteroatoms. The van der Waals surface area contributed by atoms with E-state index in [4.69, 9.17) is 21.1 Å². The molecule has 0 amide bonds. The average molecular weight is 399 g/mol. The zero-order valence-corrected chi connectivity index (χ0v) is 16.5. The molecule has 0 spiro atoms. The second kappa shape index (κ2) is 8.27. The smallest absolute Gasteiger partial charge is 0.281 e. The largest absolute Gasteiger partial charge is 0.497 e. The summed E-state index contributed by atoms with van der Waals surface area (Å²) in [7, 11) is 3.12. The quantitative estimate of drug-likeness (QED) is 0.594. The molecule has 1 aromatic heterocycles. The van der Waals surface area contributed by atoms with Crippen LogP contribution in [-0.4, -0.2) is 29.6 Å². The molecule has 144 valence electrons. The van der Waals surface area contributed by atoms with Crippen LogP contribution in [-0.2, 0) is 6.54 Å². The van der Waals surface area contributed by atoms with Crippen LogP contribution >= 0.6 is 11.6 Å². The number of aromatic nitrogens is 2. The summed E-state index contributed by atoms with van der Waals surface area (Å²) in [6.07, 6.45) is 0. The number of methoxy groups -OCH3 is 2. The van der Waals surface area contributed by atoms with Crippen molar-refractivity contribution in [2.75, 3.05) is 14.2 Å². The summed E-state index contributed by atoms with van der Waals surface area (Å²) >= 11 is 6.22. The molecule has 0 aliphatic heterocycles. The van der Waals surface area contributed by atoms with E-state index in [1.165, 1.54) is 11.7 Å². The molecule has 0 fully saturated rings. The van der Waals surface area contributed by atoms with Gasteiger partial charge in [0, 0.05) is 5.56 Å². The van der Waals surface area contributed by atoms with E-state index in [2.05, 4.69) is 4.98 Å². The minimum absolute atomic E-state index is 0.116. The molecule has 0 atom stereocenters. The average Bonchev–Trinajstić information content (AvgIpc) is 2.73. The molecule has 3 rings (SSSR count). The Bertz CT molecular complexity index is 1060. The normalized spacial score (nSPS) is 10.6. The lowest BCUT2D eigenvalue weighted by molar-refractivity contribution is 0.103. The lowest BCUT2D eigenvalue weighted by Crippen LogP contribution is -2.31. The number of halogens is 1. The molecular weight excluding hydrogens is 380 g/mol. The molecule has 3 aromatic rings.